The summed E-state index contributed by atoms with van der Waals surface area (Å²) in [6.45, 7) is 2.39. The van der Waals surface area contributed by atoms with Gasteiger partial charge in [0.05, 0.1) is 11.9 Å². The molecule has 8 nitrogen and oxygen atoms in total. The largest absolute Gasteiger partial charge is 0.338 e. The molecule has 21 heavy (non-hydrogen) atoms. The van der Waals surface area contributed by atoms with Crippen LogP contribution in [0.4, 0.5) is 10.6 Å². The van der Waals surface area contributed by atoms with Crippen molar-refractivity contribution < 1.29 is 4.79 Å². The van der Waals surface area contributed by atoms with Crippen LogP contribution in [0.25, 0.3) is 22.6 Å². The van der Waals surface area contributed by atoms with Gasteiger partial charge in [0.25, 0.3) is 0 Å². The number of anilines is 1. The van der Waals surface area contributed by atoms with Crippen molar-refractivity contribution in [1.29, 1.82) is 0 Å². The Morgan fingerprint density at radius 2 is 2.19 bits per heavy atom. The van der Waals surface area contributed by atoms with Gasteiger partial charge < -0.3 is 5.32 Å². The van der Waals surface area contributed by atoms with Crippen LogP contribution >= 0.6 is 0 Å². The number of rotatable bonds is 3. The number of carbonyl (C=O) groups is 1. The standard InChI is InChI=1S/C13H13N7O/c1-2-14-13(21)19-11-4-3-9-12(18-11)17-10(7-15-9)8-5-6-16-20-8/h3-7H,2H2,1H3,(H,16,20)(H2,14,17,18,19,21). The number of aromatic amines is 1. The van der Waals surface area contributed by atoms with Crippen LogP contribution in [0, 0.1) is 0 Å². The highest BCUT2D eigenvalue weighted by Crippen LogP contribution is 2.17. The van der Waals surface area contributed by atoms with Gasteiger partial charge in [0, 0.05) is 12.7 Å². The minimum absolute atomic E-state index is 0.304. The van der Waals surface area contributed by atoms with E-state index in [4.69, 9.17) is 0 Å². The first-order chi connectivity index (χ1) is 10.3. The van der Waals surface area contributed by atoms with Crippen molar-refractivity contribution in [2.75, 3.05) is 11.9 Å². The molecule has 0 aliphatic rings. The molecule has 3 aromatic rings. The number of aromatic nitrogens is 5. The maximum absolute atomic E-state index is 11.5. The molecule has 8 heteroatoms. The van der Waals surface area contributed by atoms with Crippen LogP contribution in [0.2, 0.25) is 0 Å². The zero-order valence-electron chi connectivity index (χ0n) is 11.3. The predicted molar refractivity (Wildman–Crippen MR) is 77.6 cm³/mol. The Balaban J connectivity index is 1.94. The van der Waals surface area contributed by atoms with E-state index < -0.39 is 0 Å². The Kier molecular flexibility index (Phi) is 3.42. The zero-order chi connectivity index (χ0) is 14.7. The van der Waals surface area contributed by atoms with E-state index in [0.29, 0.717) is 29.2 Å². The first kappa shape index (κ1) is 13.0. The third-order valence-corrected chi connectivity index (χ3v) is 2.76. The SMILES string of the molecule is CCNC(=O)Nc1ccc2ncc(-c3ccn[nH]3)nc2n1. The molecule has 2 amide bonds. The minimum atomic E-state index is -0.304. The molecular formula is C13H13N7O. The molecule has 0 atom stereocenters. The van der Waals surface area contributed by atoms with Gasteiger partial charge in [-0.2, -0.15) is 5.10 Å². The summed E-state index contributed by atoms with van der Waals surface area (Å²) in [6, 6.07) is 4.93. The molecule has 0 aromatic carbocycles. The monoisotopic (exact) mass is 283 g/mol. The summed E-state index contributed by atoms with van der Waals surface area (Å²) in [5.41, 5.74) is 2.51. The van der Waals surface area contributed by atoms with Gasteiger partial charge in [-0.3, -0.25) is 15.4 Å². The molecule has 0 aliphatic carbocycles. The molecule has 3 rings (SSSR count). The van der Waals surface area contributed by atoms with Gasteiger partial charge >= 0.3 is 6.03 Å². The van der Waals surface area contributed by atoms with E-state index in [1.807, 2.05) is 6.92 Å². The smallest absolute Gasteiger partial charge is 0.320 e. The number of nitrogens with zero attached hydrogens (tertiary/aromatic N) is 4. The number of pyridine rings is 1. The third kappa shape index (κ3) is 2.78. The molecule has 0 aliphatic heterocycles. The molecule has 0 radical (unpaired) electrons. The second-order valence-corrected chi connectivity index (χ2v) is 4.25. The maximum Gasteiger partial charge on any atom is 0.320 e. The first-order valence-electron chi connectivity index (χ1n) is 6.44. The van der Waals surface area contributed by atoms with Gasteiger partial charge in [-0.05, 0) is 25.1 Å². The Morgan fingerprint density at radius 1 is 1.29 bits per heavy atom. The summed E-state index contributed by atoms with van der Waals surface area (Å²) in [5.74, 6) is 0.421. The Labute approximate surface area is 120 Å². The summed E-state index contributed by atoms with van der Waals surface area (Å²) >= 11 is 0. The van der Waals surface area contributed by atoms with Crippen molar-refractivity contribution in [3.63, 3.8) is 0 Å². The van der Waals surface area contributed by atoms with Crippen LogP contribution in [0.5, 0.6) is 0 Å². The lowest BCUT2D eigenvalue weighted by atomic mass is 10.3. The highest BCUT2D eigenvalue weighted by Gasteiger charge is 2.07. The number of carbonyl (C=O) groups excluding carboxylic acids is 1. The van der Waals surface area contributed by atoms with Crippen molar-refractivity contribution in [2.45, 2.75) is 6.92 Å². The molecule has 3 N–H and O–H groups in total. The normalized spacial score (nSPS) is 10.5. The summed E-state index contributed by atoms with van der Waals surface area (Å²) < 4.78 is 0. The molecule has 0 fully saturated rings. The van der Waals surface area contributed by atoms with E-state index >= 15 is 0 Å². The second kappa shape index (κ2) is 5.53. The predicted octanol–water partition coefficient (Wildman–Crippen LogP) is 1.56. The van der Waals surface area contributed by atoms with Crippen LogP contribution < -0.4 is 10.6 Å². The van der Waals surface area contributed by atoms with Crippen molar-refractivity contribution >= 4 is 23.0 Å². The summed E-state index contributed by atoms with van der Waals surface area (Å²) in [7, 11) is 0. The van der Waals surface area contributed by atoms with Crippen molar-refractivity contribution in [3.8, 4) is 11.4 Å². The summed E-state index contributed by atoms with van der Waals surface area (Å²) in [5, 5.41) is 12.0. The van der Waals surface area contributed by atoms with E-state index in [1.165, 1.54) is 0 Å². The molecule has 3 heterocycles. The van der Waals surface area contributed by atoms with E-state index in [2.05, 4.69) is 35.8 Å². The van der Waals surface area contributed by atoms with E-state index in [0.717, 1.165) is 5.69 Å². The van der Waals surface area contributed by atoms with Crippen LogP contribution in [0.1, 0.15) is 6.92 Å². The molecule has 0 spiro atoms. The molecule has 0 saturated heterocycles. The number of H-pyrrole nitrogens is 1. The average molecular weight is 283 g/mol. The molecule has 3 aromatic heterocycles. The Bertz CT molecular complexity index is 769. The van der Waals surface area contributed by atoms with E-state index in [-0.39, 0.29) is 6.03 Å². The third-order valence-electron chi connectivity index (χ3n) is 2.76. The van der Waals surface area contributed by atoms with Crippen LogP contribution in [0.3, 0.4) is 0 Å². The highest BCUT2D eigenvalue weighted by molar-refractivity contribution is 5.89. The van der Waals surface area contributed by atoms with Gasteiger partial charge in [-0.25, -0.2) is 14.8 Å². The van der Waals surface area contributed by atoms with Gasteiger partial charge in [-0.1, -0.05) is 0 Å². The molecule has 106 valence electrons. The van der Waals surface area contributed by atoms with Crippen molar-refractivity contribution in [1.82, 2.24) is 30.5 Å². The molecule has 0 saturated carbocycles. The van der Waals surface area contributed by atoms with Gasteiger partial charge in [0.2, 0.25) is 0 Å². The maximum atomic E-state index is 11.5. The van der Waals surface area contributed by atoms with Crippen LogP contribution in [-0.2, 0) is 0 Å². The van der Waals surface area contributed by atoms with Crippen LogP contribution in [-0.4, -0.2) is 37.7 Å². The molecule has 0 unspecified atom stereocenters. The number of hydrogen-bond acceptors (Lipinski definition) is 5. The minimum Gasteiger partial charge on any atom is -0.338 e. The van der Waals surface area contributed by atoms with E-state index in [1.54, 1.807) is 30.6 Å². The fourth-order valence-electron chi connectivity index (χ4n) is 1.82. The lowest BCUT2D eigenvalue weighted by Crippen LogP contribution is -2.28. The number of urea groups is 1. The average Bonchev–Trinajstić information content (AvgIpc) is 3.01. The summed E-state index contributed by atoms with van der Waals surface area (Å²) in [6.07, 6.45) is 3.29. The first-order valence-corrected chi connectivity index (χ1v) is 6.44. The lowest BCUT2D eigenvalue weighted by Gasteiger charge is -2.06. The summed E-state index contributed by atoms with van der Waals surface area (Å²) in [4.78, 5) is 24.5. The molecule has 0 bridgehead atoms. The van der Waals surface area contributed by atoms with Crippen LogP contribution in [0.15, 0.2) is 30.6 Å². The van der Waals surface area contributed by atoms with Crippen molar-refractivity contribution in [2.24, 2.45) is 0 Å². The fraction of sp³-hybridized carbons (Fsp3) is 0.154. The number of fused-ring (bicyclic) bond motifs is 1. The number of nitrogens with one attached hydrogen (secondary N) is 3. The second-order valence-electron chi connectivity index (χ2n) is 4.25. The Hall–Kier alpha value is -3.03. The Morgan fingerprint density at radius 3 is 2.95 bits per heavy atom. The lowest BCUT2D eigenvalue weighted by molar-refractivity contribution is 0.252. The zero-order valence-corrected chi connectivity index (χ0v) is 11.3. The quantitative estimate of drug-likeness (QED) is 0.676. The topological polar surface area (TPSA) is 108 Å². The van der Waals surface area contributed by atoms with E-state index in [9.17, 15) is 4.79 Å². The highest BCUT2D eigenvalue weighted by atomic mass is 16.2. The van der Waals surface area contributed by atoms with Gasteiger partial charge in [0.1, 0.15) is 17.0 Å². The van der Waals surface area contributed by atoms with Crippen molar-refractivity contribution in [3.05, 3.63) is 30.6 Å². The number of amides is 2. The fourth-order valence-corrected chi connectivity index (χ4v) is 1.82. The number of hydrogen-bond donors (Lipinski definition) is 3. The van der Waals surface area contributed by atoms with Gasteiger partial charge in [0.15, 0.2) is 5.65 Å². The molecular weight excluding hydrogens is 270 g/mol. The van der Waals surface area contributed by atoms with Gasteiger partial charge in [-0.15, -0.1) is 0 Å².